The number of halogens is 9. The van der Waals surface area contributed by atoms with Crippen LogP contribution in [-0.4, -0.2) is 13.0 Å². The second-order valence-corrected chi connectivity index (χ2v) is 14.6. The summed E-state index contributed by atoms with van der Waals surface area (Å²) < 4.78 is 145. The quantitative estimate of drug-likeness (QED) is 0.0921. The Balaban J connectivity index is 0.000000279. The first kappa shape index (κ1) is 40.9. The zero-order chi connectivity index (χ0) is 37.5. The van der Waals surface area contributed by atoms with E-state index in [4.69, 9.17) is 0 Å². The van der Waals surface area contributed by atoms with Gasteiger partial charge in [-0.05, 0) is 61.2 Å². The van der Waals surface area contributed by atoms with Gasteiger partial charge in [0.15, 0.2) is 14.7 Å². The summed E-state index contributed by atoms with van der Waals surface area (Å²) >= 11 is 0. The smallest absolute Gasteiger partial charge is 0.417 e. The molecule has 272 valence electrons. The van der Waals surface area contributed by atoms with Crippen LogP contribution >= 0.6 is 0 Å². The zero-order valence-electron chi connectivity index (χ0n) is 27.3. The molecule has 0 saturated heterocycles. The molecule has 0 aliphatic carbocycles. The molecule has 0 radical (unpaired) electrons. The standard InChI is InChI=1S/C27H33S.C9H3F9O3S/c1-4-13-22-20-23(14-5-2)27(24(21-22)15-6-3)28(25-16-9-7-10-17-25)26-18-11-8-12-19-26;10-7(11,12)3-1-4(8(13,14)15)6(22(19,20)21)5(2-3)9(16,17)18/h7-12,16-21H,4-6,13-15H2,1-3H3;1-2H,(H,19,20,21)/q+1;/p-1. The molecule has 0 aromatic heterocycles. The van der Waals surface area contributed by atoms with Crippen LogP contribution in [0.25, 0.3) is 0 Å². The fourth-order valence-corrected chi connectivity index (χ4v) is 8.74. The van der Waals surface area contributed by atoms with Gasteiger partial charge in [-0.15, -0.1) is 0 Å². The van der Waals surface area contributed by atoms with Crippen molar-refractivity contribution in [3.63, 3.8) is 0 Å². The van der Waals surface area contributed by atoms with Gasteiger partial charge < -0.3 is 4.55 Å². The molecule has 0 N–H and O–H groups in total. The van der Waals surface area contributed by atoms with E-state index in [1.165, 1.54) is 41.0 Å². The van der Waals surface area contributed by atoms with Crippen molar-refractivity contribution >= 4 is 21.0 Å². The van der Waals surface area contributed by atoms with Gasteiger partial charge in [-0.2, -0.15) is 39.5 Å². The lowest BCUT2D eigenvalue weighted by atomic mass is 9.97. The van der Waals surface area contributed by atoms with Crippen LogP contribution in [0.1, 0.15) is 73.4 Å². The van der Waals surface area contributed by atoms with Crippen molar-refractivity contribution in [1.82, 2.24) is 0 Å². The van der Waals surface area contributed by atoms with E-state index < -0.39 is 62.4 Å². The molecule has 50 heavy (non-hydrogen) atoms. The van der Waals surface area contributed by atoms with E-state index in [2.05, 4.69) is 93.6 Å². The Morgan fingerprint density at radius 3 is 1.26 bits per heavy atom. The summed E-state index contributed by atoms with van der Waals surface area (Å²) in [6.45, 7) is 6.89. The summed E-state index contributed by atoms with van der Waals surface area (Å²) in [6.07, 6.45) is -10.4. The van der Waals surface area contributed by atoms with Crippen LogP contribution in [0, 0.1) is 0 Å². The topological polar surface area (TPSA) is 57.2 Å². The first-order valence-corrected chi connectivity index (χ1v) is 18.2. The molecule has 0 saturated carbocycles. The molecule has 0 amide bonds. The zero-order valence-corrected chi connectivity index (χ0v) is 28.9. The number of hydrogen-bond donors (Lipinski definition) is 0. The predicted molar refractivity (Wildman–Crippen MR) is 173 cm³/mol. The largest absolute Gasteiger partial charge is 0.744 e. The number of hydrogen-bond acceptors (Lipinski definition) is 3. The van der Waals surface area contributed by atoms with E-state index in [9.17, 15) is 52.5 Å². The van der Waals surface area contributed by atoms with Gasteiger partial charge in [0.25, 0.3) is 0 Å². The van der Waals surface area contributed by atoms with Crippen LogP contribution in [0.5, 0.6) is 0 Å². The predicted octanol–water partition coefficient (Wildman–Crippen LogP) is 11.3. The molecule has 0 aliphatic rings. The van der Waals surface area contributed by atoms with Crippen molar-refractivity contribution < 1.29 is 52.5 Å². The van der Waals surface area contributed by atoms with Crippen LogP contribution in [-0.2, 0) is 58.8 Å². The summed E-state index contributed by atoms with van der Waals surface area (Å²) in [4.78, 5) is 1.64. The fraction of sp³-hybridized carbons (Fsp3) is 0.333. The van der Waals surface area contributed by atoms with E-state index in [1.54, 1.807) is 16.0 Å². The SMILES string of the molecule is CCCc1cc(CCC)c([S+](c2ccccc2)c2ccccc2)c(CCC)c1.O=S(=O)([O-])c1c(C(F)(F)F)cc(C(F)(F)F)cc1C(F)(F)F. The molecule has 14 heteroatoms. The second kappa shape index (κ2) is 16.7. The average Bonchev–Trinajstić information content (AvgIpc) is 3.02. The maximum absolute atomic E-state index is 12.6. The Morgan fingerprint density at radius 1 is 0.580 bits per heavy atom. The van der Waals surface area contributed by atoms with Crippen LogP contribution in [0.15, 0.2) is 105 Å². The second-order valence-electron chi connectivity index (χ2n) is 11.3. The van der Waals surface area contributed by atoms with Crippen LogP contribution in [0.2, 0.25) is 0 Å². The number of alkyl halides is 9. The van der Waals surface area contributed by atoms with Crippen molar-refractivity contribution in [1.29, 1.82) is 0 Å². The normalized spacial score (nSPS) is 12.5. The molecule has 0 aliphatic heterocycles. The fourth-order valence-electron chi connectivity index (χ4n) is 5.40. The van der Waals surface area contributed by atoms with E-state index in [1.807, 2.05) is 0 Å². The van der Waals surface area contributed by atoms with Crippen molar-refractivity contribution in [2.45, 2.75) is 97.4 Å². The Hall–Kier alpha value is -3.49. The van der Waals surface area contributed by atoms with E-state index in [0.29, 0.717) is 0 Å². The van der Waals surface area contributed by atoms with Gasteiger partial charge in [-0.1, -0.05) is 88.6 Å². The molecule has 4 aromatic carbocycles. The molecule has 0 atom stereocenters. The van der Waals surface area contributed by atoms with E-state index in [-0.39, 0.29) is 10.9 Å². The molecule has 4 rings (SSSR count). The lowest BCUT2D eigenvalue weighted by molar-refractivity contribution is -0.152. The Morgan fingerprint density at radius 2 is 0.960 bits per heavy atom. The Labute approximate surface area is 288 Å². The first-order chi connectivity index (χ1) is 23.2. The number of aryl methyl sites for hydroxylation is 3. The van der Waals surface area contributed by atoms with Gasteiger partial charge in [-0.25, -0.2) is 8.42 Å². The summed E-state index contributed by atoms with van der Waals surface area (Å²) in [5, 5.41) is 0. The summed E-state index contributed by atoms with van der Waals surface area (Å²) in [5.74, 6) is 0. The molecule has 0 unspecified atom stereocenters. The molecule has 0 fully saturated rings. The highest BCUT2D eigenvalue weighted by Crippen LogP contribution is 2.45. The van der Waals surface area contributed by atoms with Gasteiger partial charge in [0.2, 0.25) is 0 Å². The third-order valence-corrected chi connectivity index (χ3v) is 10.7. The Bertz CT molecular complexity index is 1720. The number of benzene rings is 4. The minimum atomic E-state index is -6.35. The molecule has 0 bridgehead atoms. The van der Waals surface area contributed by atoms with Gasteiger partial charge in [-0.3, -0.25) is 0 Å². The maximum atomic E-state index is 12.6. The van der Waals surface area contributed by atoms with E-state index >= 15 is 0 Å². The van der Waals surface area contributed by atoms with Crippen LogP contribution in [0.3, 0.4) is 0 Å². The highest BCUT2D eigenvalue weighted by molar-refractivity contribution is 7.97. The van der Waals surface area contributed by atoms with E-state index in [0.717, 1.165) is 12.8 Å². The van der Waals surface area contributed by atoms with Crippen molar-refractivity contribution in [3.05, 3.63) is 118 Å². The molecular weight excluding hydrogens is 716 g/mol. The van der Waals surface area contributed by atoms with Gasteiger partial charge in [0, 0.05) is 11.1 Å². The lowest BCUT2D eigenvalue weighted by Gasteiger charge is -2.22. The molecule has 0 spiro atoms. The molecular formula is C36H35F9O3S2. The first-order valence-electron chi connectivity index (χ1n) is 15.6. The van der Waals surface area contributed by atoms with Gasteiger partial charge >= 0.3 is 18.5 Å². The molecule has 3 nitrogen and oxygen atoms in total. The highest BCUT2D eigenvalue weighted by Gasteiger charge is 2.46. The molecule has 4 aromatic rings. The average molecular weight is 751 g/mol. The maximum Gasteiger partial charge on any atom is 0.417 e. The minimum absolute atomic E-state index is 0.0529. The summed E-state index contributed by atoms with van der Waals surface area (Å²) in [5.41, 5.74) is -3.41. The lowest BCUT2D eigenvalue weighted by Crippen LogP contribution is -2.22. The number of rotatable bonds is 10. The molecule has 0 heterocycles. The third-order valence-electron chi connectivity index (χ3n) is 7.32. The summed E-state index contributed by atoms with van der Waals surface area (Å²) in [6, 6.07) is 25.5. The van der Waals surface area contributed by atoms with Crippen molar-refractivity contribution in [3.8, 4) is 0 Å². The van der Waals surface area contributed by atoms with Crippen LogP contribution < -0.4 is 0 Å². The summed E-state index contributed by atoms with van der Waals surface area (Å²) in [7, 11) is -6.40. The van der Waals surface area contributed by atoms with Gasteiger partial charge in [0.1, 0.15) is 10.1 Å². The highest BCUT2D eigenvalue weighted by atomic mass is 32.2. The van der Waals surface area contributed by atoms with Crippen molar-refractivity contribution in [2.75, 3.05) is 0 Å². The Kier molecular flexibility index (Phi) is 13.7. The van der Waals surface area contributed by atoms with Crippen molar-refractivity contribution in [2.24, 2.45) is 0 Å². The third kappa shape index (κ3) is 10.5. The minimum Gasteiger partial charge on any atom is -0.744 e. The van der Waals surface area contributed by atoms with Crippen LogP contribution in [0.4, 0.5) is 39.5 Å². The monoisotopic (exact) mass is 750 g/mol. The van der Waals surface area contributed by atoms with Gasteiger partial charge in [0.05, 0.1) is 32.5 Å².